The van der Waals surface area contributed by atoms with Crippen molar-refractivity contribution in [2.24, 2.45) is 0 Å². The highest BCUT2D eigenvalue weighted by molar-refractivity contribution is 9.10. The lowest BCUT2D eigenvalue weighted by Gasteiger charge is -2.14. The van der Waals surface area contributed by atoms with Gasteiger partial charge in [-0.25, -0.2) is 4.98 Å². The lowest BCUT2D eigenvalue weighted by molar-refractivity contribution is 0.577. The van der Waals surface area contributed by atoms with Crippen LogP contribution in [0.2, 0.25) is 0 Å². The zero-order valence-corrected chi connectivity index (χ0v) is 12.5. The van der Waals surface area contributed by atoms with Crippen LogP contribution >= 0.6 is 15.9 Å². The summed E-state index contributed by atoms with van der Waals surface area (Å²) in [5, 5.41) is 3.44. The molecule has 1 N–H and O–H groups in total. The monoisotopic (exact) mass is 307 g/mol. The predicted octanol–water partition coefficient (Wildman–Crippen LogP) is 4.15. The van der Waals surface area contributed by atoms with Crippen LogP contribution in [0.3, 0.4) is 0 Å². The van der Waals surface area contributed by atoms with Crippen molar-refractivity contribution < 1.29 is 0 Å². The number of anilines is 1. The average molecular weight is 308 g/mol. The molecule has 18 heavy (non-hydrogen) atoms. The Bertz CT molecular complexity index is 532. The molecule has 0 spiro atoms. The molecule has 0 amide bonds. The van der Waals surface area contributed by atoms with Gasteiger partial charge in [0.25, 0.3) is 0 Å². The summed E-state index contributed by atoms with van der Waals surface area (Å²) in [4.78, 5) is 4.21. The van der Waals surface area contributed by atoms with Crippen LogP contribution in [0.1, 0.15) is 31.1 Å². The van der Waals surface area contributed by atoms with Gasteiger partial charge < -0.3 is 9.88 Å². The van der Waals surface area contributed by atoms with Gasteiger partial charge >= 0.3 is 0 Å². The van der Waals surface area contributed by atoms with Gasteiger partial charge in [-0.15, -0.1) is 0 Å². The van der Waals surface area contributed by atoms with Gasteiger partial charge in [0.2, 0.25) is 0 Å². The Labute approximate surface area is 116 Å². The summed E-state index contributed by atoms with van der Waals surface area (Å²) in [5.74, 6) is 0. The molecule has 0 saturated heterocycles. The number of imidazole rings is 1. The van der Waals surface area contributed by atoms with Crippen LogP contribution in [-0.4, -0.2) is 9.55 Å². The zero-order chi connectivity index (χ0) is 13.1. The quantitative estimate of drug-likeness (QED) is 0.919. The summed E-state index contributed by atoms with van der Waals surface area (Å²) < 4.78 is 3.26. The number of nitrogens with one attached hydrogen (secondary N) is 1. The van der Waals surface area contributed by atoms with Crippen molar-refractivity contribution in [1.82, 2.24) is 9.55 Å². The number of hydrogen-bond donors (Lipinski definition) is 1. The van der Waals surface area contributed by atoms with Gasteiger partial charge in [0.15, 0.2) is 0 Å². The number of halogens is 1. The minimum Gasteiger partial charge on any atom is -0.378 e. The van der Waals surface area contributed by atoms with Crippen LogP contribution in [0.4, 0.5) is 5.69 Å². The Morgan fingerprint density at radius 1 is 1.39 bits per heavy atom. The number of aromatic nitrogens is 2. The standard InChI is InChI=1S/C14H18BrN3/c1-10(2)18-9-16-7-12(18)8-17-14-6-11(3)4-5-13(14)15/h4-7,9-10,17H,8H2,1-3H3. The third-order valence-corrected chi connectivity index (χ3v) is 3.58. The molecule has 1 heterocycles. The molecule has 0 saturated carbocycles. The summed E-state index contributed by atoms with van der Waals surface area (Å²) in [6, 6.07) is 6.73. The van der Waals surface area contributed by atoms with E-state index in [4.69, 9.17) is 0 Å². The fourth-order valence-electron chi connectivity index (χ4n) is 1.89. The average Bonchev–Trinajstić information content (AvgIpc) is 2.79. The molecule has 0 aliphatic rings. The minimum atomic E-state index is 0.435. The van der Waals surface area contributed by atoms with Crippen molar-refractivity contribution in [1.29, 1.82) is 0 Å². The van der Waals surface area contributed by atoms with E-state index in [9.17, 15) is 0 Å². The SMILES string of the molecule is Cc1ccc(Br)c(NCc2cncn2C(C)C)c1. The number of benzene rings is 1. The second-order valence-corrected chi connectivity index (χ2v) is 5.58. The summed E-state index contributed by atoms with van der Waals surface area (Å²) >= 11 is 3.56. The number of rotatable bonds is 4. The first-order chi connectivity index (χ1) is 8.58. The molecule has 0 atom stereocenters. The predicted molar refractivity (Wildman–Crippen MR) is 78.8 cm³/mol. The van der Waals surface area contributed by atoms with Crippen LogP contribution in [0, 0.1) is 6.92 Å². The largest absolute Gasteiger partial charge is 0.378 e. The molecule has 96 valence electrons. The molecular formula is C14H18BrN3. The van der Waals surface area contributed by atoms with E-state index in [0.29, 0.717) is 6.04 Å². The maximum absolute atomic E-state index is 4.21. The van der Waals surface area contributed by atoms with E-state index in [1.165, 1.54) is 11.3 Å². The second-order valence-electron chi connectivity index (χ2n) is 4.72. The molecule has 0 fully saturated rings. The number of hydrogen-bond acceptors (Lipinski definition) is 2. The van der Waals surface area contributed by atoms with Crippen molar-refractivity contribution in [2.75, 3.05) is 5.32 Å². The Morgan fingerprint density at radius 3 is 2.89 bits per heavy atom. The maximum Gasteiger partial charge on any atom is 0.0951 e. The van der Waals surface area contributed by atoms with Crippen molar-refractivity contribution in [3.05, 3.63) is 46.5 Å². The first-order valence-electron chi connectivity index (χ1n) is 6.08. The highest BCUT2D eigenvalue weighted by Crippen LogP contribution is 2.24. The third-order valence-electron chi connectivity index (χ3n) is 2.88. The maximum atomic E-state index is 4.21. The van der Waals surface area contributed by atoms with Gasteiger partial charge in [-0.3, -0.25) is 0 Å². The molecule has 3 nitrogen and oxygen atoms in total. The zero-order valence-electron chi connectivity index (χ0n) is 10.9. The molecule has 1 aromatic heterocycles. The lowest BCUT2D eigenvalue weighted by atomic mass is 10.2. The normalized spacial score (nSPS) is 10.9. The molecule has 4 heteroatoms. The van der Waals surface area contributed by atoms with E-state index in [0.717, 1.165) is 16.7 Å². The number of aryl methyl sites for hydroxylation is 1. The molecular weight excluding hydrogens is 290 g/mol. The van der Waals surface area contributed by atoms with Crippen molar-refractivity contribution in [2.45, 2.75) is 33.4 Å². The van der Waals surface area contributed by atoms with Crippen LogP contribution in [0.15, 0.2) is 35.2 Å². The fourth-order valence-corrected chi connectivity index (χ4v) is 2.28. The van der Waals surface area contributed by atoms with Gasteiger partial charge in [-0.05, 0) is 54.4 Å². The lowest BCUT2D eigenvalue weighted by Crippen LogP contribution is -2.09. The Hall–Kier alpha value is -1.29. The summed E-state index contributed by atoms with van der Waals surface area (Å²) in [5.41, 5.74) is 3.56. The van der Waals surface area contributed by atoms with Crippen LogP contribution in [0.25, 0.3) is 0 Å². The van der Waals surface area contributed by atoms with Crippen LogP contribution in [-0.2, 0) is 6.54 Å². The highest BCUT2D eigenvalue weighted by atomic mass is 79.9. The van der Waals surface area contributed by atoms with Crippen molar-refractivity contribution in [3.63, 3.8) is 0 Å². The van der Waals surface area contributed by atoms with Gasteiger partial charge in [0, 0.05) is 22.4 Å². The summed E-state index contributed by atoms with van der Waals surface area (Å²) in [7, 11) is 0. The Kier molecular flexibility index (Phi) is 4.07. The van der Waals surface area contributed by atoms with Gasteiger partial charge in [0.05, 0.1) is 18.6 Å². The fraction of sp³-hybridized carbons (Fsp3) is 0.357. The van der Waals surface area contributed by atoms with Gasteiger partial charge in [0.1, 0.15) is 0 Å². The second kappa shape index (κ2) is 5.57. The minimum absolute atomic E-state index is 0.435. The van der Waals surface area contributed by atoms with Crippen LogP contribution in [0.5, 0.6) is 0 Å². The first kappa shape index (κ1) is 13.1. The molecule has 0 bridgehead atoms. The smallest absolute Gasteiger partial charge is 0.0951 e. The van der Waals surface area contributed by atoms with E-state index in [2.05, 4.69) is 69.8 Å². The van der Waals surface area contributed by atoms with E-state index >= 15 is 0 Å². The number of nitrogens with zero attached hydrogens (tertiary/aromatic N) is 2. The van der Waals surface area contributed by atoms with E-state index in [1.54, 1.807) is 0 Å². The van der Waals surface area contributed by atoms with Gasteiger partial charge in [-0.1, -0.05) is 6.07 Å². The first-order valence-corrected chi connectivity index (χ1v) is 6.88. The van der Waals surface area contributed by atoms with Crippen LogP contribution < -0.4 is 5.32 Å². The molecule has 0 radical (unpaired) electrons. The topological polar surface area (TPSA) is 29.9 Å². The van der Waals surface area contributed by atoms with Gasteiger partial charge in [-0.2, -0.15) is 0 Å². The van der Waals surface area contributed by atoms with E-state index in [-0.39, 0.29) is 0 Å². The summed E-state index contributed by atoms with van der Waals surface area (Å²) in [6.07, 6.45) is 3.80. The molecule has 0 unspecified atom stereocenters. The Balaban J connectivity index is 2.11. The highest BCUT2D eigenvalue weighted by Gasteiger charge is 2.06. The molecule has 0 aliphatic heterocycles. The summed E-state index contributed by atoms with van der Waals surface area (Å²) in [6.45, 7) is 7.19. The van der Waals surface area contributed by atoms with Crippen molar-refractivity contribution >= 4 is 21.6 Å². The van der Waals surface area contributed by atoms with Crippen molar-refractivity contribution in [3.8, 4) is 0 Å². The Morgan fingerprint density at radius 2 is 2.17 bits per heavy atom. The molecule has 1 aromatic carbocycles. The third kappa shape index (κ3) is 2.93. The van der Waals surface area contributed by atoms with E-state index in [1.807, 2.05) is 12.5 Å². The molecule has 2 aromatic rings. The van der Waals surface area contributed by atoms with E-state index < -0.39 is 0 Å². The molecule has 0 aliphatic carbocycles. The molecule has 2 rings (SSSR count).